The Bertz CT molecular complexity index is 2510. The Morgan fingerprint density at radius 3 is 1.83 bits per heavy atom. The molecule has 0 heterocycles. The first kappa shape index (κ1) is 31.7. The predicted molar refractivity (Wildman–Crippen MR) is 167 cm³/mol. The third-order valence-electron chi connectivity index (χ3n) is 8.11. The lowest BCUT2D eigenvalue weighted by molar-refractivity contribution is -0.137. The number of aryl methyl sites for hydroxylation is 2. The van der Waals surface area contributed by atoms with Crippen molar-refractivity contribution in [2.24, 2.45) is 0 Å². The maximum Gasteiger partial charge on any atom is 0.417 e. The third kappa shape index (κ3) is 4.55. The van der Waals surface area contributed by atoms with Crippen LogP contribution < -0.4 is 0 Å². The van der Waals surface area contributed by atoms with Crippen LogP contribution in [0.5, 0.6) is 0 Å². The molecule has 0 saturated heterocycles. The maximum atomic E-state index is 14.0. The Morgan fingerprint density at radius 2 is 1.31 bits per heavy atom. The van der Waals surface area contributed by atoms with Gasteiger partial charge < -0.3 is 0 Å². The second-order valence-corrected chi connectivity index (χ2v) is 10.5. The summed E-state index contributed by atoms with van der Waals surface area (Å²) in [5.74, 6) is 0. The van der Waals surface area contributed by atoms with Gasteiger partial charge in [0, 0.05) is 16.7 Å². The first-order chi connectivity index (χ1) is 22.9. The summed E-state index contributed by atoms with van der Waals surface area (Å²) in [5, 5.41) is 50.5. The van der Waals surface area contributed by atoms with E-state index >= 15 is 0 Å². The second-order valence-electron chi connectivity index (χ2n) is 10.5. The average Bonchev–Trinajstić information content (AvgIpc) is 3.58. The van der Waals surface area contributed by atoms with Gasteiger partial charge in [0.2, 0.25) is 5.70 Å². The highest BCUT2D eigenvalue weighted by Gasteiger charge is 2.41. The molecular formula is C37H13F3N8. The van der Waals surface area contributed by atoms with Crippen molar-refractivity contribution < 1.29 is 13.2 Å². The fourth-order valence-corrected chi connectivity index (χ4v) is 5.94. The molecule has 48 heavy (non-hydrogen) atoms. The number of rotatable bonds is 2. The van der Waals surface area contributed by atoms with Gasteiger partial charge in [-0.05, 0) is 82.1 Å². The Morgan fingerprint density at radius 1 is 0.688 bits per heavy atom. The molecule has 5 rings (SSSR count). The highest BCUT2D eigenvalue weighted by molar-refractivity contribution is 6.30. The van der Waals surface area contributed by atoms with Gasteiger partial charge in [0.1, 0.15) is 6.07 Å². The maximum absolute atomic E-state index is 14.0. The molecule has 0 unspecified atom stereocenters. The number of nitriles is 5. The number of alkyl halides is 3. The molecule has 222 valence electrons. The zero-order valence-corrected chi connectivity index (χ0v) is 24.8. The molecule has 2 aliphatic rings. The molecule has 0 fully saturated rings. The first-order valence-electron chi connectivity index (χ1n) is 13.6. The van der Waals surface area contributed by atoms with Crippen LogP contribution in [0.4, 0.5) is 13.2 Å². The number of hydrogen-bond acceptors (Lipinski definition) is 5. The molecule has 0 saturated carbocycles. The topological polar surface area (TPSA) is 132 Å². The highest BCUT2D eigenvalue weighted by atomic mass is 19.4. The quantitative estimate of drug-likeness (QED) is 0.207. The number of nitrogens with zero attached hydrogens (tertiary/aromatic N) is 8. The van der Waals surface area contributed by atoms with Crippen LogP contribution in [0, 0.1) is 90.2 Å². The number of halogens is 3. The van der Waals surface area contributed by atoms with Crippen LogP contribution in [0.25, 0.3) is 48.1 Å². The summed E-state index contributed by atoms with van der Waals surface area (Å²) in [6.07, 6.45) is -4.98. The van der Waals surface area contributed by atoms with E-state index in [2.05, 4.69) is 14.5 Å². The molecule has 0 atom stereocenters. The summed E-state index contributed by atoms with van der Waals surface area (Å²) in [5.41, 5.74) is -2.19. The highest BCUT2D eigenvalue weighted by Crippen LogP contribution is 2.57. The predicted octanol–water partition coefficient (Wildman–Crippen LogP) is 8.62. The summed E-state index contributed by atoms with van der Waals surface area (Å²) in [7, 11) is 0. The van der Waals surface area contributed by atoms with Crippen LogP contribution in [0.2, 0.25) is 0 Å². The minimum absolute atomic E-state index is 0.0139. The molecule has 0 amide bonds. The third-order valence-corrected chi connectivity index (χ3v) is 8.11. The van der Waals surface area contributed by atoms with Crippen LogP contribution in [0.15, 0.2) is 53.9 Å². The van der Waals surface area contributed by atoms with E-state index in [0.29, 0.717) is 11.6 Å². The van der Waals surface area contributed by atoms with Gasteiger partial charge in [0.25, 0.3) is 11.4 Å². The Hall–Kier alpha value is -7.67. The van der Waals surface area contributed by atoms with Crippen molar-refractivity contribution in [1.82, 2.24) is 0 Å². The molecule has 0 bridgehead atoms. The molecule has 0 radical (unpaired) electrons. The number of benzene rings is 3. The van der Waals surface area contributed by atoms with Gasteiger partial charge >= 0.3 is 6.18 Å². The van der Waals surface area contributed by atoms with E-state index in [4.69, 9.17) is 19.7 Å². The van der Waals surface area contributed by atoms with Crippen molar-refractivity contribution in [2.45, 2.75) is 20.0 Å². The van der Waals surface area contributed by atoms with Crippen LogP contribution >= 0.6 is 0 Å². The Kier molecular flexibility index (Phi) is 7.73. The zero-order valence-electron chi connectivity index (χ0n) is 24.8. The molecule has 0 spiro atoms. The van der Waals surface area contributed by atoms with Gasteiger partial charge in [-0.1, -0.05) is 24.3 Å². The van der Waals surface area contributed by atoms with E-state index in [9.17, 15) is 39.5 Å². The summed E-state index contributed by atoms with van der Waals surface area (Å²) < 4.78 is 42.1. The summed E-state index contributed by atoms with van der Waals surface area (Å²) in [4.78, 5) is 10.4. The van der Waals surface area contributed by atoms with Crippen molar-refractivity contribution >= 4 is 33.6 Å². The van der Waals surface area contributed by atoms with Gasteiger partial charge in [-0.3, -0.25) is 0 Å². The van der Waals surface area contributed by atoms with Gasteiger partial charge in [-0.15, -0.1) is 0 Å². The lowest BCUT2D eigenvalue weighted by atomic mass is 9.87. The molecule has 3 aromatic carbocycles. The van der Waals surface area contributed by atoms with E-state index in [1.54, 1.807) is 24.3 Å². The van der Waals surface area contributed by atoms with Crippen LogP contribution in [0.3, 0.4) is 0 Å². The molecule has 3 aromatic rings. The fourth-order valence-electron chi connectivity index (χ4n) is 5.94. The molecular weight excluding hydrogens is 613 g/mol. The van der Waals surface area contributed by atoms with Crippen molar-refractivity contribution in [1.29, 1.82) is 26.3 Å². The minimum atomic E-state index is -4.98. The van der Waals surface area contributed by atoms with Crippen LogP contribution in [-0.4, -0.2) is 0 Å². The van der Waals surface area contributed by atoms with E-state index < -0.39 is 28.7 Å². The van der Waals surface area contributed by atoms with Gasteiger partial charge in [0.15, 0.2) is 0 Å². The fraction of sp³-hybridized carbons (Fsp3) is 0.0811. The lowest BCUT2D eigenvalue weighted by Gasteiger charge is -2.15. The summed E-state index contributed by atoms with van der Waals surface area (Å²) in [6, 6.07) is 18.3. The number of allylic oxidation sites excluding steroid dienone is 7. The van der Waals surface area contributed by atoms with E-state index in [1.807, 2.05) is 32.1 Å². The molecule has 0 N–H and O–H groups in total. The number of fused-ring (bicyclic) bond motifs is 2. The molecule has 8 nitrogen and oxygen atoms in total. The summed E-state index contributed by atoms with van der Waals surface area (Å²) >= 11 is 0. The van der Waals surface area contributed by atoms with Gasteiger partial charge in [0.05, 0.1) is 66.3 Å². The number of hydrogen-bond donors (Lipinski definition) is 0. The average molecular weight is 627 g/mol. The largest absolute Gasteiger partial charge is 0.417 e. The molecule has 2 aliphatic carbocycles. The SMILES string of the molecule is [C-]#[N+]C1=C(c2ccc(C)c(C)c2)/C(=C(/C#N)[N+]#[C-])c2cc3c(c(C#N)c21)/C(=C(/C#N)[N+]#[C-])C(c1ccc(C#N)c(C(F)(F)F)c1)=C3C#N. The summed E-state index contributed by atoms with van der Waals surface area (Å²) in [6.45, 7) is 27.4. The monoisotopic (exact) mass is 626 g/mol. The van der Waals surface area contributed by atoms with Crippen molar-refractivity contribution in [3.63, 3.8) is 0 Å². The normalized spacial score (nSPS) is 14.9. The first-order valence-corrected chi connectivity index (χ1v) is 13.6. The van der Waals surface area contributed by atoms with Crippen LogP contribution in [-0.2, 0) is 6.18 Å². The van der Waals surface area contributed by atoms with E-state index in [0.717, 1.165) is 23.3 Å². The zero-order chi connectivity index (χ0) is 35.1. The Labute approximate surface area is 272 Å². The van der Waals surface area contributed by atoms with E-state index in [1.165, 1.54) is 12.1 Å². The molecule has 11 heteroatoms. The van der Waals surface area contributed by atoms with Gasteiger partial charge in [-0.25, -0.2) is 25.1 Å². The minimum Gasteiger partial charge on any atom is -0.237 e. The molecule has 0 aliphatic heterocycles. The lowest BCUT2D eigenvalue weighted by Crippen LogP contribution is -2.08. The van der Waals surface area contributed by atoms with E-state index in [-0.39, 0.29) is 66.9 Å². The standard InChI is InChI=1S/C37H13F3N8/c1-18-6-7-20(10-19(18)2)31-34(28(16-44)46-3)24-12-23-25(14-42)30(21-8-9-22(13-41)27(11-21)37(38,39)40)35(29(17-45)47-4)32(23)26(15-43)33(24)36(31)48-5/h6-12H,1-2H3/b34-28-,35-29-. The Balaban J connectivity index is 2.01. The van der Waals surface area contributed by atoms with Gasteiger partial charge in [-0.2, -0.15) is 29.0 Å². The smallest absolute Gasteiger partial charge is 0.237 e. The van der Waals surface area contributed by atoms with Crippen molar-refractivity contribution in [3.8, 4) is 30.3 Å². The molecule has 0 aromatic heterocycles. The van der Waals surface area contributed by atoms with Crippen molar-refractivity contribution in [3.05, 3.63) is 149 Å². The van der Waals surface area contributed by atoms with Crippen LogP contribution in [0.1, 0.15) is 61.2 Å². The second kappa shape index (κ2) is 11.7. The van der Waals surface area contributed by atoms with Crippen molar-refractivity contribution in [2.75, 3.05) is 0 Å².